The molecule has 0 heterocycles. The van der Waals surface area contributed by atoms with Gasteiger partial charge in [0, 0.05) is 0 Å². The Labute approximate surface area is 149 Å². The number of aryl methyl sites for hydroxylation is 1. The molecule has 25 heavy (non-hydrogen) atoms. The molecule has 0 amide bonds. The molecule has 1 fully saturated rings. The minimum absolute atomic E-state index is 0.0853. The Hall–Kier alpha value is -1.69. The van der Waals surface area contributed by atoms with Gasteiger partial charge in [-0.1, -0.05) is 48.0 Å². The minimum Gasteiger partial charge on any atom is -0.374 e. The molecule has 4 nitrogen and oxygen atoms in total. The highest BCUT2D eigenvalue weighted by Crippen LogP contribution is 2.36. The maximum absolute atomic E-state index is 12.3. The van der Waals surface area contributed by atoms with Crippen LogP contribution in [0.15, 0.2) is 59.5 Å². The lowest BCUT2D eigenvalue weighted by Gasteiger charge is -2.38. The van der Waals surface area contributed by atoms with Gasteiger partial charge in [0.15, 0.2) is 0 Å². The van der Waals surface area contributed by atoms with E-state index >= 15 is 0 Å². The van der Waals surface area contributed by atoms with E-state index in [2.05, 4.69) is 0 Å². The number of hydrogen-bond acceptors (Lipinski definition) is 4. The van der Waals surface area contributed by atoms with Crippen molar-refractivity contribution in [2.75, 3.05) is 0 Å². The Morgan fingerprint density at radius 3 is 2.32 bits per heavy atom. The van der Waals surface area contributed by atoms with Gasteiger partial charge in [-0.05, 0) is 50.3 Å². The van der Waals surface area contributed by atoms with Gasteiger partial charge in [0.2, 0.25) is 0 Å². The third-order valence-corrected chi connectivity index (χ3v) is 6.10. The fourth-order valence-corrected chi connectivity index (χ4v) is 4.04. The van der Waals surface area contributed by atoms with Gasteiger partial charge in [0.25, 0.3) is 10.1 Å². The Balaban J connectivity index is 1.46. The van der Waals surface area contributed by atoms with Crippen molar-refractivity contribution in [2.24, 2.45) is 5.92 Å². The van der Waals surface area contributed by atoms with E-state index in [0.29, 0.717) is 25.4 Å². The van der Waals surface area contributed by atoms with Crippen LogP contribution in [0.4, 0.5) is 0 Å². The molecule has 1 aliphatic carbocycles. The molecule has 0 spiro atoms. The van der Waals surface area contributed by atoms with Crippen molar-refractivity contribution < 1.29 is 17.3 Å². The first-order chi connectivity index (χ1) is 11.9. The summed E-state index contributed by atoms with van der Waals surface area (Å²) in [6.07, 6.45) is 1.25. The molecular formula is C20H24O4S. The monoisotopic (exact) mass is 360 g/mol. The van der Waals surface area contributed by atoms with Gasteiger partial charge in [-0.3, -0.25) is 4.18 Å². The summed E-state index contributed by atoms with van der Waals surface area (Å²) >= 11 is 0. The summed E-state index contributed by atoms with van der Waals surface area (Å²) in [5.41, 5.74) is 2.16. The SMILES string of the molecule is Cc1ccc(S(=O)(=O)OC2CC([C@@H](C)OCc3ccccc3)C2)cc1. The van der Waals surface area contributed by atoms with Crippen molar-refractivity contribution in [3.63, 3.8) is 0 Å². The Morgan fingerprint density at radius 2 is 1.68 bits per heavy atom. The molecule has 0 unspecified atom stereocenters. The Morgan fingerprint density at radius 1 is 1.04 bits per heavy atom. The highest BCUT2D eigenvalue weighted by molar-refractivity contribution is 7.86. The van der Waals surface area contributed by atoms with Gasteiger partial charge in [-0.15, -0.1) is 0 Å². The van der Waals surface area contributed by atoms with Gasteiger partial charge >= 0.3 is 0 Å². The van der Waals surface area contributed by atoms with Crippen molar-refractivity contribution in [3.05, 3.63) is 65.7 Å². The molecule has 3 rings (SSSR count). The molecule has 134 valence electrons. The summed E-state index contributed by atoms with van der Waals surface area (Å²) in [6.45, 7) is 4.54. The normalized spacial score (nSPS) is 21.5. The second-order valence-electron chi connectivity index (χ2n) is 6.72. The third-order valence-electron chi connectivity index (χ3n) is 4.72. The smallest absolute Gasteiger partial charge is 0.297 e. The lowest BCUT2D eigenvalue weighted by atomic mass is 9.79. The zero-order valence-electron chi connectivity index (χ0n) is 14.6. The molecule has 2 aromatic rings. The van der Waals surface area contributed by atoms with Crippen molar-refractivity contribution >= 4 is 10.1 Å². The second-order valence-corrected chi connectivity index (χ2v) is 8.29. The van der Waals surface area contributed by atoms with Crippen LogP contribution in [0.2, 0.25) is 0 Å². The Kier molecular flexibility index (Phi) is 5.57. The van der Waals surface area contributed by atoms with Gasteiger partial charge in [-0.25, -0.2) is 0 Å². The molecule has 0 saturated heterocycles. The van der Waals surface area contributed by atoms with Crippen LogP contribution >= 0.6 is 0 Å². The van der Waals surface area contributed by atoms with E-state index in [9.17, 15) is 8.42 Å². The molecular weight excluding hydrogens is 336 g/mol. The van der Waals surface area contributed by atoms with Crippen LogP contribution in [-0.4, -0.2) is 20.6 Å². The van der Waals surface area contributed by atoms with Crippen LogP contribution in [0.25, 0.3) is 0 Å². The average Bonchev–Trinajstić information content (AvgIpc) is 2.57. The molecule has 0 aromatic heterocycles. The fraction of sp³-hybridized carbons (Fsp3) is 0.400. The summed E-state index contributed by atoms with van der Waals surface area (Å²) in [5.74, 6) is 0.335. The molecule has 0 radical (unpaired) electrons. The van der Waals surface area contributed by atoms with E-state index in [-0.39, 0.29) is 17.1 Å². The quantitative estimate of drug-likeness (QED) is 0.698. The first kappa shape index (κ1) is 18.1. The van der Waals surface area contributed by atoms with Crippen LogP contribution in [-0.2, 0) is 25.6 Å². The third kappa shape index (κ3) is 4.69. The van der Waals surface area contributed by atoms with Gasteiger partial charge < -0.3 is 4.74 Å². The molecule has 1 saturated carbocycles. The van der Waals surface area contributed by atoms with Crippen molar-refractivity contribution in [2.45, 2.75) is 50.4 Å². The number of hydrogen-bond donors (Lipinski definition) is 0. The van der Waals surface area contributed by atoms with Gasteiger partial charge in [0.05, 0.1) is 23.7 Å². The van der Waals surface area contributed by atoms with E-state index in [1.54, 1.807) is 24.3 Å². The largest absolute Gasteiger partial charge is 0.374 e. The lowest BCUT2D eigenvalue weighted by molar-refractivity contribution is -0.0513. The molecule has 5 heteroatoms. The first-order valence-corrected chi connectivity index (χ1v) is 10.0. The Bertz CT molecular complexity index is 778. The van der Waals surface area contributed by atoms with Crippen LogP contribution in [0, 0.1) is 12.8 Å². The highest BCUT2D eigenvalue weighted by atomic mass is 32.2. The molecule has 0 bridgehead atoms. The summed E-state index contributed by atoms with van der Waals surface area (Å²) in [6, 6.07) is 16.8. The van der Waals surface area contributed by atoms with Crippen molar-refractivity contribution in [1.29, 1.82) is 0 Å². The standard InChI is InChI=1S/C20H24O4S/c1-15-8-10-20(11-9-15)25(21,22)24-19-12-18(13-19)16(2)23-14-17-6-4-3-5-7-17/h3-11,16,18-19H,12-14H2,1-2H3/t16-,18?,19?/m1/s1. The molecule has 1 aliphatic rings. The van der Waals surface area contributed by atoms with Crippen LogP contribution in [0.5, 0.6) is 0 Å². The number of rotatable bonds is 7. The zero-order chi connectivity index (χ0) is 17.9. The maximum Gasteiger partial charge on any atom is 0.297 e. The first-order valence-electron chi connectivity index (χ1n) is 8.59. The summed E-state index contributed by atoms with van der Waals surface area (Å²) in [7, 11) is -3.68. The molecule has 0 N–H and O–H groups in total. The topological polar surface area (TPSA) is 52.6 Å². The summed E-state index contributed by atoms with van der Waals surface area (Å²) in [4.78, 5) is 0.218. The predicted molar refractivity (Wildman–Crippen MR) is 96.7 cm³/mol. The molecule has 1 atom stereocenters. The number of ether oxygens (including phenoxy) is 1. The van der Waals surface area contributed by atoms with Crippen molar-refractivity contribution in [1.82, 2.24) is 0 Å². The fourth-order valence-electron chi connectivity index (χ4n) is 2.95. The lowest BCUT2D eigenvalue weighted by Crippen LogP contribution is -2.39. The second kappa shape index (κ2) is 7.68. The van der Waals surface area contributed by atoms with E-state index in [1.807, 2.05) is 44.2 Å². The zero-order valence-corrected chi connectivity index (χ0v) is 15.4. The highest BCUT2D eigenvalue weighted by Gasteiger charge is 2.37. The molecule has 2 aromatic carbocycles. The molecule has 0 aliphatic heterocycles. The van der Waals surface area contributed by atoms with E-state index in [1.165, 1.54) is 0 Å². The minimum atomic E-state index is -3.68. The average molecular weight is 360 g/mol. The summed E-state index contributed by atoms with van der Waals surface area (Å²) < 4.78 is 35.8. The maximum atomic E-state index is 12.3. The van der Waals surface area contributed by atoms with Gasteiger partial charge in [-0.2, -0.15) is 8.42 Å². The van der Waals surface area contributed by atoms with E-state index < -0.39 is 10.1 Å². The van der Waals surface area contributed by atoms with E-state index in [4.69, 9.17) is 8.92 Å². The number of benzene rings is 2. The summed E-state index contributed by atoms with van der Waals surface area (Å²) in [5, 5.41) is 0. The van der Waals surface area contributed by atoms with E-state index in [0.717, 1.165) is 11.1 Å². The van der Waals surface area contributed by atoms with Crippen LogP contribution in [0.3, 0.4) is 0 Å². The predicted octanol–water partition coefficient (Wildman–Crippen LogP) is 4.08. The van der Waals surface area contributed by atoms with Crippen LogP contribution in [0.1, 0.15) is 30.9 Å². The van der Waals surface area contributed by atoms with Gasteiger partial charge in [0.1, 0.15) is 0 Å². The van der Waals surface area contributed by atoms with Crippen LogP contribution < -0.4 is 0 Å². The van der Waals surface area contributed by atoms with Crippen molar-refractivity contribution in [3.8, 4) is 0 Å².